The van der Waals surface area contributed by atoms with Crippen LogP contribution >= 0.6 is 0 Å². The van der Waals surface area contributed by atoms with Crippen molar-refractivity contribution < 1.29 is 0 Å². The summed E-state index contributed by atoms with van der Waals surface area (Å²) < 4.78 is 0. The van der Waals surface area contributed by atoms with Gasteiger partial charge in [0.15, 0.2) is 0 Å². The molecule has 2 heteroatoms. The van der Waals surface area contributed by atoms with E-state index in [1.807, 2.05) is 0 Å². The van der Waals surface area contributed by atoms with Gasteiger partial charge in [0.05, 0.1) is 0 Å². The van der Waals surface area contributed by atoms with Crippen LogP contribution in [-0.2, 0) is 0 Å². The molecule has 0 saturated carbocycles. The van der Waals surface area contributed by atoms with Gasteiger partial charge in [0.2, 0.25) is 0 Å². The Morgan fingerprint density at radius 1 is 1.27 bits per heavy atom. The third kappa shape index (κ3) is 3.73. The lowest BCUT2D eigenvalue weighted by molar-refractivity contribution is 0.516. The van der Waals surface area contributed by atoms with Crippen molar-refractivity contribution in [2.75, 3.05) is 13.1 Å². The molecule has 0 spiro atoms. The summed E-state index contributed by atoms with van der Waals surface area (Å²) in [5, 5.41) is 3.50. The van der Waals surface area contributed by atoms with Gasteiger partial charge >= 0.3 is 0 Å². The van der Waals surface area contributed by atoms with Gasteiger partial charge in [-0.1, -0.05) is 12.8 Å². The molecular formula is C9H20N2. The number of nitrogens with two attached hydrogens (primary N) is 1. The van der Waals surface area contributed by atoms with Crippen LogP contribution in [0.15, 0.2) is 0 Å². The average Bonchev–Trinajstić information content (AvgIpc) is 2.50. The number of hydrogen-bond donors (Lipinski definition) is 2. The maximum atomic E-state index is 5.41. The van der Waals surface area contributed by atoms with E-state index in [0.717, 1.165) is 12.6 Å². The highest BCUT2D eigenvalue weighted by molar-refractivity contribution is 4.73. The molecule has 1 heterocycles. The molecule has 0 aromatic heterocycles. The zero-order valence-electron chi connectivity index (χ0n) is 7.31. The maximum absolute atomic E-state index is 5.41. The average molecular weight is 156 g/mol. The van der Waals surface area contributed by atoms with E-state index < -0.39 is 0 Å². The standard InChI is InChI=1S/C9H20N2/c10-7-3-1-2-5-9-6-4-8-11-9/h9,11H,1-8,10H2. The fraction of sp³-hybridized carbons (Fsp3) is 1.00. The quantitative estimate of drug-likeness (QED) is 0.588. The first-order chi connectivity index (χ1) is 5.43. The van der Waals surface area contributed by atoms with Crippen LogP contribution in [0, 0.1) is 0 Å². The maximum Gasteiger partial charge on any atom is 0.00675 e. The molecule has 1 unspecified atom stereocenters. The van der Waals surface area contributed by atoms with Crippen molar-refractivity contribution in [3.8, 4) is 0 Å². The summed E-state index contributed by atoms with van der Waals surface area (Å²) in [6, 6.07) is 0.827. The van der Waals surface area contributed by atoms with Crippen LogP contribution in [0.5, 0.6) is 0 Å². The predicted molar refractivity (Wildman–Crippen MR) is 48.5 cm³/mol. The summed E-state index contributed by atoms with van der Waals surface area (Å²) in [5.74, 6) is 0. The van der Waals surface area contributed by atoms with Crippen molar-refractivity contribution in [1.82, 2.24) is 5.32 Å². The van der Waals surface area contributed by atoms with Crippen LogP contribution in [0.4, 0.5) is 0 Å². The first-order valence-electron chi connectivity index (χ1n) is 4.87. The van der Waals surface area contributed by atoms with Crippen LogP contribution in [-0.4, -0.2) is 19.1 Å². The number of hydrogen-bond acceptors (Lipinski definition) is 2. The van der Waals surface area contributed by atoms with Gasteiger partial charge in [0, 0.05) is 6.04 Å². The molecule has 0 aromatic carbocycles. The molecule has 0 aliphatic carbocycles. The Bertz CT molecular complexity index is 87.6. The minimum absolute atomic E-state index is 0.827. The minimum atomic E-state index is 0.827. The lowest BCUT2D eigenvalue weighted by Gasteiger charge is -2.08. The highest BCUT2D eigenvalue weighted by Gasteiger charge is 2.12. The molecule has 1 atom stereocenters. The van der Waals surface area contributed by atoms with Gasteiger partial charge in [-0.3, -0.25) is 0 Å². The van der Waals surface area contributed by atoms with Crippen molar-refractivity contribution in [3.05, 3.63) is 0 Å². The third-order valence-electron chi connectivity index (χ3n) is 2.42. The van der Waals surface area contributed by atoms with Gasteiger partial charge in [-0.2, -0.15) is 0 Å². The van der Waals surface area contributed by atoms with Crippen LogP contribution in [0.1, 0.15) is 38.5 Å². The number of rotatable bonds is 5. The Balaban J connectivity index is 1.86. The van der Waals surface area contributed by atoms with E-state index in [4.69, 9.17) is 5.73 Å². The summed E-state index contributed by atoms with van der Waals surface area (Å²) in [7, 11) is 0. The molecule has 1 rings (SSSR count). The Kier molecular flexibility index (Phi) is 4.55. The minimum Gasteiger partial charge on any atom is -0.330 e. The molecule has 1 fully saturated rings. The van der Waals surface area contributed by atoms with E-state index in [2.05, 4.69) is 5.32 Å². The van der Waals surface area contributed by atoms with E-state index >= 15 is 0 Å². The SMILES string of the molecule is NCCCCCC1CCCN1. The summed E-state index contributed by atoms with van der Waals surface area (Å²) in [6.07, 6.45) is 8.00. The Morgan fingerprint density at radius 2 is 2.18 bits per heavy atom. The molecule has 66 valence electrons. The largest absolute Gasteiger partial charge is 0.330 e. The zero-order valence-corrected chi connectivity index (χ0v) is 7.31. The molecular weight excluding hydrogens is 136 g/mol. The lowest BCUT2D eigenvalue weighted by atomic mass is 10.1. The molecule has 2 nitrogen and oxygen atoms in total. The summed E-state index contributed by atoms with van der Waals surface area (Å²) in [4.78, 5) is 0. The monoisotopic (exact) mass is 156 g/mol. The lowest BCUT2D eigenvalue weighted by Crippen LogP contribution is -2.20. The van der Waals surface area contributed by atoms with Gasteiger partial charge in [0.25, 0.3) is 0 Å². The fourth-order valence-electron chi connectivity index (χ4n) is 1.71. The molecule has 1 aliphatic heterocycles. The number of unbranched alkanes of at least 4 members (excludes halogenated alkanes) is 2. The van der Waals surface area contributed by atoms with Gasteiger partial charge in [-0.25, -0.2) is 0 Å². The van der Waals surface area contributed by atoms with Gasteiger partial charge < -0.3 is 11.1 Å². The van der Waals surface area contributed by atoms with Crippen molar-refractivity contribution in [2.45, 2.75) is 44.6 Å². The first kappa shape index (κ1) is 9.01. The van der Waals surface area contributed by atoms with E-state index in [1.54, 1.807) is 0 Å². The predicted octanol–water partition coefficient (Wildman–Crippen LogP) is 1.26. The van der Waals surface area contributed by atoms with E-state index in [9.17, 15) is 0 Å². The third-order valence-corrected chi connectivity index (χ3v) is 2.42. The van der Waals surface area contributed by atoms with Crippen molar-refractivity contribution in [1.29, 1.82) is 0 Å². The summed E-state index contributed by atoms with van der Waals surface area (Å²) in [5.41, 5.74) is 5.41. The van der Waals surface area contributed by atoms with Crippen molar-refractivity contribution >= 4 is 0 Å². The van der Waals surface area contributed by atoms with Crippen LogP contribution < -0.4 is 11.1 Å². The fourth-order valence-corrected chi connectivity index (χ4v) is 1.71. The zero-order chi connectivity index (χ0) is 7.94. The molecule has 1 saturated heterocycles. The van der Waals surface area contributed by atoms with E-state index in [1.165, 1.54) is 45.1 Å². The molecule has 0 radical (unpaired) electrons. The van der Waals surface area contributed by atoms with E-state index in [-0.39, 0.29) is 0 Å². The highest BCUT2D eigenvalue weighted by atomic mass is 14.9. The number of nitrogens with one attached hydrogen (secondary N) is 1. The summed E-state index contributed by atoms with van der Waals surface area (Å²) in [6.45, 7) is 2.10. The van der Waals surface area contributed by atoms with Crippen LogP contribution in [0.3, 0.4) is 0 Å². The Labute approximate surface area is 69.5 Å². The highest BCUT2D eigenvalue weighted by Crippen LogP contribution is 2.12. The second-order valence-corrected chi connectivity index (χ2v) is 3.43. The van der Waals surface area contributed by atoms with Crippen molar-refractivity contribution in [3.63, 3.8) is 0 Å². The Hall–Kier alpha value is -0.0800. The van der Waals surface area contributed by atoms with Gasteiger partial charge in [-0.05, 0) is 38.8 Å². The molecule has 3 N–H and O–H groups in total. The molecule has 11 heavy (non-hydrogen) atoms. The van der Waals surface area contributed by atoms with Crippen LogP contribution in [0.2, 0.25) is 0 Å². The molecule has 0 aromatic rings. The van der Waals surface area contributed by atoms with Crippen LogP contribution in [0.25, 0.3) is 0 Å². The molecule has 1 aliphatic rings. The van der Waals surface area contributed by atoms with Crippen molar-refractivity contribution in [2.24, 2.45) is 5.73 Å². The van der Waals surface area contributed by atoms with E-state index in [0.29, 0.717) is 0 Å². The second kappa shape index (κ2) is 5.56. The normalized spacial score (nSPS) is 24.3. The topological polar surface area (TPSA) is 38.0 Å². The molecule has 0 bridgehead atoms. The molecule has 0 amide bonds. The van der Waals surface area contributed by atoms with Gasteiger partial charge in [0.1, 0.15) is 0 Å². The second-order valence-electron chi connectivity index (χ2n) is 3.43. The Morgan fingerprint density at radius 3 is 2.82 bits per heavy atom. The first-order valence-corrected chi connectivity index (χ1v) is 4.87. The smallest absolute Gasteiger partial charge is 0.00675 e. The summed E-state index contributed by atoms with van der Waals surface area (Å²) >= 11 is 0. The van der Waals surface area contributed by atoms with Gasteiger partial charge in [-0.15, -0.1) is 0 Å².